The van der Waals surface area contributed by atoms with Crippen LogP contribution in [0, 0.1) is 0 Å². The zero-order chi connectivity index (χ0) is 9.68. The molecule has 1 rings (SSSR count). The zero-order valence-electron chi connectivity index (χ0n) is 7.79. The Kier molecular flexibility index (Phi) is 3.53. The van der Waals surface area contributed by atoms with Gasteiger partial charge in [0, 0.05) is 0 Å². The molecular weight excluding hydrogens is 164 g/mol. The number of aliphatic hydroxyl groups excluding tert-OH is 1. The Morgan fingerprint density at radius 2 is 2.31 bits per heavy atom. The molecule has 0 saturated heterocycles. The van der Waals surface area contributed by atoms with Crippen molar-refractivity contribution in [2.75, 3.05) is 6.61 Å². The monoisotopic (exact) mass is 178 g/mol. The van der Waals surface area contributed by atoms with Crippen molar-refractivity contribution < 1.29 is 9.84 Å². The first-order valence-corrected chi connectivity index (χ1v) is 4.19. The molecule has 0 amide bonds. The summed E-state index contributed by atoms with van der Waals surface area (Å²) in [5, 5.41) is 8.87. The van der Waals surface area contributed by atoms with Crippen molar-refractivity contribution in [3.63, 3.8) is 0 Å². The Morgan fingerprint density at radius 1 is 1.54 bits per heavy atom. The Bertz CT molecular complexity index is 292. The van der Waals surface area contributed by atoms with Gasteiger partial charge in [0.15, 0.2) is 0 Å². The van der Waals surface area contributed by atoms with Crippen LogP contribution in [0.15, 0.2) is 36.4 Å². The van der Waals surface area contributed by atoms with Crippen LogP contribution in [0.1, 0.15) is 12.5 Å². The third-order valence-electron chi connectivity index (χ3n) is 1.57. The van der Waals surface area contributed by atoms with Gasteiger partial charge in [-0.25, -0.2) is 0 Å². The van der Waals surface area contributed by atoms with Crippen molar-refractivity contribution in [3.8, 4) is 5.75 Å². The highest BCUT2D eigenvalue weighted by Crippen LogP contribution is 2.13. The van der Waals surface area contributed by atoms with Crippen LogP contribution in [0.2, 0.25) is 0 Å². The maximum absolute atomic E-state index is 8.87. The maximum Gasteiger partial charge on any atom is 0.120 e. The summed E-state index contributed by atoms with van der Waals surface area (Å²) in [5.74, 6) is 0.773. The summed E-state index contributed by atoms with van der Waals surface area (Å²) in [4.78, 5) is 0. The Morgan fingerprint density at radius 3 is 2.92 bits per heavy atom. The maximum atomic E-state index is 8.87. The molecule has 0 fully saturated rings. The van der Waals surface area contributed by atoms with Gasteiger partial charge in [0.25, 0.3) is 0 Å². The highest BCUT2D eigenvalue weighted by Gasteiger charge is 1.95. The van der Waals surface area contributed by atoms with Crippen LogP contribution in [-0.4, -0.2) is 11.7 Å². The summed E-state index contributed by atoms with van der Waals surface area (Å²) in [6.45, 7) is 6.22. The van der Waals surface area contributed by atoms with Gasteiger partial charge in [-0.05, 0) is 30.2 Å². The fraction of sp³-hybridized carbons (Fsp3) is 0.273. The molecule has 0 radical (unpaired) electrons. The van der Waals surface area contributed by atoms with Gasteiger partial charge in [0.1, 0.15) is 12.4 Å². The minimum absolute atomic E-state index is 0.0459. The molecule has 0 bridgehead atoms. The standard InChI is InChI=1S/C11H14O2/c1-9(2)8-13-11-5-3-4-10(6-11)7-12/h3-6,12H,1,7-8H2,2H3. The average molecular weight is 178 g/mol. The smallest absolute Gasteiger partial charge is 0.120 e. The van der Waals surface area contributed by atoms with Crippen molar-refractivity contribution >= 4 is 0 Å². The minimum Gasteiger partial charge on any atom is -0.489 e. The molecule has 0 unspecified atom stereocenters. The van der Waals surface area contributed by atoms with E-state index in [0.717, 1.165) is 16.9 Å². The number of ether oxygens (including phenoxy) is 1. The Hall–Kier alpha value is -1.28. The first kappa shape index (κ1) is 9.81. The minimum atomic E-state index is 0.0459. The molecule has 0 aliphatic carbocycles. The van der Waals surface area contributed by atoms with Crippen molar-refractivity contribution in [3.05, 3.63) is 42.0 Å². The van der Waals surface area contributed by atoms with Crippen molar-refractivity contribution in [1.82, 2.24) is 0 Å². The molecule has 0 aliphatic heterocycles. The Labute approximate surface area is 78.5 Å². The van der Waals surface area contributed by atoms with E-state index in [9.17, 15) is 0 Å². The van der Waals surface area contributed by atoms with Crippen LogP contribution in [0.5, 0.6) is 5.75 Å². The van der Waals surface area contributed by atoms with Crippen molar-refractivity contribution in [2.24, 2.45) is 0 Å². The molecule has 13 heavy (non-hydrogen) atoms. The molecule has 0 aliphatic rings. The fourth-order valence-electron chi connectivity index (χ4n) is 0.940. The van der Waals surface area contributed by atoms with E-state index >= 15 is 0 Å². The highest BCUT2D eigenvalue weighted by molar-refractivity contribution is 5.28. The summed E-state index contributed by atoms with van der Waals surface area (Å²) in [6, 6.07) is 7.40. The molecule has 0 atom stereocenters. The van der Waals surface area contributed by atoms with Gasteiger partial charge in [-0.15, -0.1) is 0 Å². The quantitative estimate of drug-likeness (QED) is 0.716. The average Bonchev–Trinajstić information content (AvgIpc) is 2.15. The lowest BCUT2D eigenvalue weighted by atomic mass is 10.2. The third kappa shape index (κ3) is 3.30. The van der Waals surface area contributed by atoms with Gasteiger partial charge >= 0.3 is 0 Å². The lowest BCUT2D eigenvalue weighted by Gasteiger charge is -2.06. The molecular formula is C11H14O2. The summed E-state index contributed by atoms with van der Waals surface area (Å²) in [7, 11) is 0. The van der Waals surface area contributed by atoms with E-state index in [1.165, 1.54) is 0 Å². The second-order valence-electron chi connectivity index (χ2n) is 3.05. The molecule has 1 aromatic carbocycles. The second-order valence-corrected chi connectivity index (χ2v) is 3.05. The number of benzene rings is 1. The summed E-state index contributed by atoms with van der Waals surface area (Å²) >= 11 is 0. The van der Waals surface area contributed by atoms with Gasteiger partial charge in [-0.1, -0.05) is 18.7 Å². The molecule has 1 N–H and O–H groups in total. The lowest BCUT2D eigenvalue weighted by molar-refractivity contribution is 0.280. The van der Waals surface area contributed by atoms with Gasteiger partial charge in [0.2, 0.25) is 0 Å². The number of hydrogen-bond donors (Lipinski definition) is 1. The van der Waals surface area contributed by atoms with Gasteiger partial charge in [0.05, 0.1) is 6.61 Å². The van der Waals surface area contributed by atoms with E-state index < -0.39 is 0 Å². The van der Waals surface area contributed by atoms with Crippen LogP contribution in [0.4, 0.5) is 0 Å². The van der Waals surface area contributed by atoms with E-state index in [1.807, 2.05) is 31.2 Å². The van der Waals surface area contributed by atoms with E-state index in [0.29, 0.717) is 6.61 Å². The van der Waals surface area contributed by atoms with Gasteiger partial charge in [-0.3, -0.25) is 0 Å². The van der Waals surface area contributed by atoms with E-state index in [1.54, 1.807) is 0 Å². The molecule has 0 heterocycles. The fourth-order valence-corrected chi connectivity index (χ4v) is 0.940. The van der Waals surface area contributed by atoms with E-state index in [-0.39, 0.29) is 6.61 Å². The van der Waals surface area contributed by atoms with Gasteiger partial charge < -0.3 is 9.84 Å². The molecule has 1 aromatic rings. The highest BCUT2D eigenvalue weighted by atomic mass is 16.5. The summed E-state index contributed by atoms with van der Waals surface area (Å²) in [5.41, 5.74) is 1.84. The van der Waals surface area contributed by atoms with Gasteiger partial charge in [-0.2, -0.15) is 0 Å². The predicted octanol–water partition coefficient (Wildman–Crippen LogP) is 2.13. The number of hydrogen-bond acceptors (Lipinski definition) is 2. The number of aliphatic hydroxyl groups is 1. The van der Waals surface area contributed by atoms with E-state index in [4.69, 9.17) is 9.84 Å². The van der Waals surface area contributed by atoms with Crippen LogP contribution in [0.25, 0.3) is 0 Å². The van der Waals surface area contributed by atoms with Crippen LogP contribution < -0.4 is 4.74 Å². The third-order valence-corrected chi connectivity index (χ3v) is 1.57. The molecule has 0 spiro atoms. The molecule has 70 valence electrons. The Balaban J connectivity index is 2.61. The number of rotatable bonds is 4. The van der Waals surface area contributed by atoms with Crippen LogP contribution >= 0.6 is 0 Å². The van der Waals surface area contributed by atoms with Crippen molar-refractivity contribution in [1.29, 1.82) is 0 Å². The topological polar surface area (TPSA) is 29.5 Å². The second kappa shape index (κ2) is 4.67. The molecule has 2 nitrogen and oxygen atoms in total. The molecule has 0 aromatic heterocycles. The normalized spacial score (nSPS) is 9.69. The zero-order valence-corrected chi connectivity index (χ0v) is 7.79. The first-order valence-electron chi connectivity index (χ1n) is 4.19. The molecule has 0 saturated carbocycles. The lowest BCUT2D eigenvalue weighted by Crippen LogP contribution is -1.97. The van der Waals surface area contributed by atoms with Crippen LogP contribution in [-0.2, 0) is 6.61 Å². The van der Waals surface area contributed by atoms with E-state index in [2.05, 4.69) is 6.58 Å². The summed E-state index contributed by atoms with van der Waals surface area (Å²) < 4.78 is 5.40. The molecule has 2 heteroatoms. The SMILES string of the molecule is C=C(C)COc1cccc(CO)c1. The first-order chi connectivity index (χ1) is 6.22. The van der Waals surface area contributed by atoms with Crippen LogP contribution in [0.3, 0.4) is 0 Å². The summed E-state index contributed by atoms with van der Waals surface area (Å²) in [6.07, 6.45) is 0. The van der Waals surface area contributed by atoms with Crippen molar-refractivity contribution in [2.45, 2.75) is 13.5 Å². The predicted molar refractivity (Wildman–Crippen MR) is 52.7 cm³/mol. The largest absolute Gasteiger partial charge is 0.489 e.